The number of phenolic OH excluding ortho intramolecular Hbond substituents is 1. The maximum absolute atomic E-state index is 12.0. The van der Waals surface area contributed by atoms with Gasteiger partial charge in [0.1, 0.15) is 5.75 Å². The maximum Gasteiger partial charge on any atom is 0.272 e. The monoisotopic (exact) mass is 464 g/mol. The van der Waals surface area contributed by atoms with Crippen LogP contribution in [0, 0.1) is 0 Å². The molecule has 8 heteroatoms. The average molecular weight is 467 g/mol. The molecular weight excluding hydrogens is 459 g/mol. The molecule has 0 radical (unpaired) electrons. The van der Waals surface area contributed by atoms with Gasteiger partial charge in [0.25, 0.3) is 5.91 Å². The summed E-state index contributed by atoms with van der Waals surface area (Å²) in [6.45, 7) is 0. The van der Waals surface area contributed by atoms with Gasteiger partial charge < -0.3 is 5.11 Å². The Labute approximate surface area is 153 Å². The Balaban J connectivity index is 2.16. The first-order chi connectivity index (χ1) is 10.4. The maximum atomic E-state index is 12.0. The normalized spacial score (nSPS) is 10.9. The van der Waals surface area contributed by atoms with Crippen LogP contribution < -0.4 is 5.43 Å². The van der Waals surface area contributed by atoms with E-state index in [-0.39, 0.29) is 10.8 Å². The first-order valence-corrected chi connectivity index (χ1v) is 8.19. The molecule has 1 amide bonds. The van der Waals surface area contributed by atoms with Crippen LogP contribution in [-0.4, -0.2) is 17.2 Å². The molecule has 0 spiro atoms. The van der Waals surface area contributed by atoms with Crippen LogP contribution in [-0.2, 0) is 0 Å². The second kappa shape index (κ2) is 7.46. The van der Waals surface area contributed by atoms with E-state index in [1.54, 1.807) is 18.2 Å². The molecule has 0 heterocycles. The average Bonchev–Trinajstić information content (AvgIpc) is 2.46. The summed E-state index contributed by atoms with van der Waals surface area (Å²) in [6, 6.07) is 8.09. The Hall–Kier alpha value is -1.08. The van der Waals surface area contributed by atoms with E-state index in [9.17, 15) is 9.90 Å². The van der Waals surface area contributed by atoms with Gasteiger partial charge in [-0.2, -0.15) is 5.10 Å². The third-order valence-electron chi connectivity index (χ3n) is 2.60. The van der Waals surface area contributed by atoms with Crippen LogP contribution in [0.15, 0.2) is 44.4 Å². The molecule has 0 aromatic heterocycles. The summed E-state index contributed by atoms with van der Waals surface area (Å²) in [4.78, 5) is 12.0. The van der Waals surface area contributed by atoms with Crippen LogP contribution in [0.2, 0.25) is 10.0 Å². The van der Waals surface area contributed by atoms with Gasteiger partial charge in [0, 0.05) is 19.5 Å². The van der Waals surface area contributed by atoms with E-state index in [0.717, 1.165) is 4.47 Å². The molecule has 4 nitrogen and oxygen atoms in total. The minimum absolute atomic E-state index is 0.106. The molecule has 22 heavy (non-hydrogen) atoms. The number of hydrogen-bond donors (Lipinski definition) is 2. The fourth-order valence-corrected chi connectivity index (χ4v) is 2.87. The number of halogens is 4. The van der Waals surface area contributed by atoms with Crippen molar-refractivity contribution in [3.8, 4) is 5.75 Å². The quantitative estimate of drug-likeness (QED) is 0.494. The van der Waals surface area contributed by atoms with Crippen LogP contribution in [0.4, 0.5) is 0 Å². The summed E-state index contributed by atoms with van der Waals surface area (Å²) < 4.78 is 1.40. The van der Waals surface area contributed by atoms with Crippen molar-refractivity contribution in [1.82, 2.24) is 5.43 Å². The summed E-state index contributed by atoms with van der Waals surface area (Å²) in [6.07, 6.45) is 1.26. The minimum atomic E-state index is -0.406. The number of carbonyl (C=O) groups excluding carboxylic acids is 1. The molecule has 2 rings (SSSR count). The van der Waals surface area contributed by atoms with E-state index in [1.807, 2.05) is 0 Å². The van der Waals surface area contributed by atoms with E-state index < -0.39 is 5.91 Å². The van der Waals surface area contributed by atoms with Crippen LogP contribution >= 0.6 is 55.1 Å². The molecule has 2 aromatic rings. The highest BCUT2D eigenvalue weighted by Crippen LogP contribution is 2.30. The lowest BCUT2D eigenvalue weighted by Gasteiger charge is -2.04. The summed E-state index contributed by atoms with van der Waals surface area (Å²) >= 11 is 18.2. The summed E-state index contributed by atoms with van der Waals surface area (Å²) in [5.74, 6) is -0.565. The summed E-state index contributed by atoms with van der Waals surface area (Å²) in [5, 5.41) is 14.0. The molecule has 0 bridgehead atoms. The third kappa shape index (κ3) is 4.23. The van der Waals surface area contributed by atoms with Crippen molar-refractivity contribution in [1.29, 1.82) is 0 Å². The van der Waals surface area contributed by atoms with Crippen molar-refractivity contribution < 1.29 is 9.90 Å². The van der Waals surface area contributed by atoms with Gasteiger partial charge in [0.2, 0.25) is 0 Å². The standard InChI is InChI=1S/C14H8Br2Cl2N2O2/c15-8-1-2-11(16)10(4-8)14(22)20-19-6-7-3-9(17)5-12(18)13(7)21/h1-6,21H,(H,20,22)/b19-6+. The SMILES string of the molecule is O=C(N/N=C/c1cc(Cl)cc(Cl)c1O)c1cc(Br)ccc1Br. The highest BCUT2D eigenvalue weighted by Gasteiger charge is 2.10. The molecule has 0 unspecified atom stereocenters. The summed E-state index contributed by atoms with van der Waals surface area (Å²) in [5.41, 5.74) is 3.08. The second-order valence-corrected chi connectivity index (χ2v) is 6.76. The van der Waals surface area contributed by atoms with Crippen LogP contribution in [0.3, 0.4) is 0 Å². The van der Waals surface area contributed by atoms with E-state index in [2.05, 4.69) is 42.4 Å². The molecule has 0 saturated carbocycles. The van der Waals surface area contributed by atoms with Gasteiger partial charge >= 0.3 is 0 Å². The number of aromatic hydroxyl groups is 1. The molecule has 0 aliphatic carbocycles. The smallest absolute Gasteiger partial charge is 0.272 e. The lowest BCUT2D eigenvalue weighted by molar-refractivity contribution is 0.0954. The molecule has 0 fully saturated rings. The molecule has 0 atom stereocenters. The zero-order valence-corrected chi connectivity index (χ0v) is 15.5. The first-order valence-electron chi connectivity index (χ1n) is 5.85. The lowest BCUT2D eigenvalue weighted by atomic mass is 10.2. The number of amides is 1. The molecule has 0 aliphatic heterocycles. The molecular formula is C14H8Br2Cl2N2O2. The third-order valence-corrected chi connectivity index (χ3v) is 4.29. The van der Waals surface area contributed by atoms with Crippen molar-refractivity contribution >= 4 is 67.2 Å². The van der Waals surface area contributed by atoms with Crippen molar-refractivity contribution in [2.75, 3.05) is 0 Å². The Kier molecular flexibility index (Phi) is 5.86. The Bertz CT molecular complexity index is 767. The zero-order chi connectivity index (χ0) is 16.3. The van der Waals surface area contributed by atoms with Crippen LogP contribution in [0.25, 0.3) is 0 Å². The van der Waals surface area contributed by atoms with Crippen molar-refractivity contribution in [2.45, 2.75) is 0 Å². The highest BCUT2D eigenvalue weighted by molar-refractivity contribution is 9.11. The molecule has 2 N–H and O–H groups in total. The number of hydrazone groups is 1. The van der Waals surface area contributed by atoms with Gasteiger partial charge in [-0.3, -0.25) is 4.79 Å². The van der Waals surface area contributed by atoms with E-state index in [0.29, 0.717) is 20.6 Å². The summed E-state index contributed by atoms with van der Waals surface area (Å²) in [7, 11) is 0. The topological polar surface area (TPSA) is 61.7 Å². The van der Waals surface area contributed by atoms with Gasteiger partial charge in [-0.05, 0) is 46.3 Å². The minimum Gasteiger partial charge on any atom is -0.506 e. The van der Waals surface area contributed by atoms with Crippen molar-refractivity contribution in [2.24, 2.45) is 5.10 Å². The molecule has 114 valence electrons. The first kappa shape index (κ1) is 17.3. The zero-order valence-electron chi connectivity index (χ0n) is 10.8. The number of hydrogen-bond acceptors (Lipinski definition) is 3. The van der Waals surface area contributed by atoms with E-state index in [1.165, 1.54) is 18.3 Å². The van der Waals surface area contributed by atoms with E-state index in [4.69, 9.17) is 23.2 Å². The van der Waals surface area contributed by atoms with E-state index >= 15 is 0 Å². The molecule has 0 aliphatic rings. The lowest BCUT2D eigenvalue weighted by Crippen LogP contribution is -2.18. The molecule has 0 saturated heterocycles. The van der Waals surface area contributed by atoms with Crippen molar-refractivity contribution in [3.63, 3.8) is 0 Å². The fourth-order valence-electron chi connectivity index (χ4n) is 1.58. The van der Waals surface area contributed by atoms with Crippen LogP contribution in [0.1, 0.15) is 15.9 Å². The predicted molar refractivity (Wildman–Crippen MR) is 95.0 cm³/mol. The number of phenols is 1. The predicted octanol–water partition coefficient (Wildman–Crippen LogP) is 4.99. The van der Waals surface area contributed by atoms with Crippen molar-refractivity contribution in [3.05, 3.63) is 60.4 Å². The van der Waals surface area contributed by atoms with Gasteiger partial charge in [0.15, 0.2) is 0 Å². The number of nitrogens with zero attached hydrogens (tertiary/aromatic N) is 1. The fraction of sp³-hybridized carbons (Fsp3) is 0. The van der Waals surface area contributed by atoms with Gasteiger partial charge in [-0.15, -0.1) is 0 Å². The molecule has 2 aromatic carbocycles. The second-order valence-electron chi connectivity index (χ2n) is 4.15. The number of carbonyl (C=O) groups is 1. The van der Waals surface area contributed by atoms with Gasteiger partial charge in [-0.1, -0.05) is 39.1 Å². The Morgan fingerprint density at radius 2 is 1.95 bits per heavy atom. The Morgan fingerprint density at radius 1 is 1.23 bits per heavy atom. The van der Waals surface area contributed by atoms with Crippen LogP contribution in [0.5, 0.6) is 5.75 Å². The van der Waals surface area contributed by atoms with Gasteiger partial charge in [-0.25, -0.2) is 5.43 Å². The number of rotatable bonds is 3. The highest BCUT2D eigenvalue weighted by atomic mass is 79.9. The number of benzene rings is 2. The largest absolute Gasteiger partial charge is 0.506 e. The van der Waals surface area contributed by atoms with Gasteiger partial charge in [0.05, 0.1) is 16.8 Å². The Morgan fingerprint density at radius 3 is 2.68 bits per heavy atom. The number of nitrogens with one attached hydrogen (secondary N) is 1.